The maximum absolute atomic E-state index is 6.20. The number of anilines is 2. The first-order valence-corrected chi connectivity index (χ1v) is 8.77. The molecule has 0 radical (unpaired) electrons. The number of aromatic nitrogens is 2. The minimum absolute atomic E-state index is 0.509. The van der Waals surface area contributed by atoms with E-state index in [0.717, 1.165) is 16.9 Å². The highest BCUT2D eigenvalue weighted by Gasteiger charge is 2.06. The number of nitrogens with one attached hydrogen (secondary N) is 2. The molecular weight excluding hydrogens is 375 g/mol. The summed E-state index contributed by atoms with van der Waals surface area (Å²) < 4.78 is 1.78. The van der Waals surface area contributed by atoms with E-state index in [2.05, 4.69) is 15.7 Å². The van der Waals surface area contributed by atoms with Crippen molar-refractivity contribution in [1.29, 1.82) is 0 Å². The molecule has 1 aromatic heterocycles. The van der Waals surface area contributed by atoms with Gasteiger partial charge in [-0.15, -0.1) is 0 Å². The maximum atomic E-state index is 6.20. The number of rotatable bonds is 4. The molecule has 3 aromatic rings. The third-order valence-electron chi connectivity index (χ3n) is 3.51. The van der Waals surface area contributed by atoms with Gasteiger partial charge in [0.1, 0.15) is 0 Å². The Hall–Kier alpha value is -2.08. The number of halogens is 2. The second kappa shape index (κ2) is 7.87. The summed E-state index contributed by atoms with van der Waals surface area (Å²) in [6, 6.07) is 13.4. The van der Waals surface area contributed by atoms with E-state index in [1.807, 2.05) is 49.5 Å². The van der Waals surface area contributed by atoms with E-state index in [4.69, 9.17) is 35.4 Å². The molecule has 0 amide bonds. The summed E-state index contributed by atoms with van der Waals surface area (Å²) in [7, 11) is 0. The van der Waals surface area contributed by atoms with Crippen molar-refractivity contribution in [3.63, 3.8) is 0 Å². The maximum Gasteiger partial charge on any atom is 0.175 e. The minimum atomic E-state index is 0.509. The molecule has 0 aliphatic carbocycles. The Morgan fingerprint density at radius 1 is 1.12 bits per heavy atom. The van der Waals surface area contributed by atoms with Gasteiger partial charge < -0.3 is 10.6 Å². The normalized spacial score (nSPS) is 10.5. The molecule has 7 heteroatoms. The van der Waals surface area contributed by atoms with Gasteiger partial charge in [0, 0.05) is 21.9 Å². The number of aryl methyl sites for hydroxylation is 1. The van der Waals surface area contributed by atoms with Gasteiger partial charge in [-0.05, 0) is 54.5 Å². The van der Waals surface area contributed by atoms with Crippen LogP contribution in [0.5, 0.6) is 0 Å². The second-order valence-electron chi connectivity index (χ2n) is 5.61. The number of benzene rings is 2. The van der Waals surface area contributed by atoms with Crippen molar-refractivity contribution in [3.8, 4) is 0 Å². The number of hydrogen-bond acceptors (Lipinski definition) is 2. The molecule has 128 valence electrons. The molecule has 0 aliphatic heterocycles. The predicted molar refractivity (Wildman–Crippen MR) is 109 cm³/mol. The molecule has 0 saturated carbocycles. The quantitative estimate of drug-likeness (QED) is 0.588. The lowest BCUT2D eigenvalue weighted by atomic mass is 10.2. The highest BCUT2D eigenvalue weighted by molar-refractivity contribution is 7.80. The van der Waals surface area contributed by atoms with Crippen molar-refractivity contribution in [2.24, 2.45) is 0 Å². The fraction of sp³-hybridized carbons (Fsp3) is 0.111. The lowest BCUT2D eigenvalue weighted by Gasteiger charge is -2.09. The van der Waals surface area contributed by atoms with E-state index in [1.165, 1.54) is 5.56 Å². The zero-order chi connectivity index (χ0) is 17.8. The third-order valence-corrected chi connectivity index (χ3v) is 4.31. The molecule has 3 rings (SSSR count). The van der Waals surface area contributed by atoms with Gasteiger partial charge in [-0.3, -0.25) is 4.68 Å². The largest absolute Gasteiger partial charge is 0.332 e. The summed E-state index contributed by atoms with van der Waals surface area (Å²) >= 11 is 17.5. The molecule has 2 N–H and O–H groups in total. The number of thiocarbonyl (C=S) groups is 1. The lowest BCUT2D eigenvalue weighted by molar-refractivity contribution is 0.687. The van der Waals surface area contributed by atoms with Crippen LogP contribution in [0.1, 0.15) is 11.1 Å². The van der Waals surface area contributed by atoms with Gasteiger partial charge in [-0.2, -0.15) is 5.10 Å². The van der Waals surface area contributed by atoms with Crippen molar-refractivity contribution in [2.75, 3.05) is 10.6 Å². The van der Waals surface area contributed by atoms with Crippen LogP contribution in [-0.2, 0) is 6.54 Å². The van der Waals surface area contributed by atoms with E-state index in [9.17, 15) is 0 Å². The van der Waals surface area contributed by atoms with Crippen LogP contribution in [0.3, 0.4) is 0 Å². The van der Waals surface area contributed by atoms with E-state index in [0.29, 0.717) is 21.7 Å². The predicted octanol–water partition coefficient (Wildman–Crippen LogP) is 5.36. The SMILES string of the molecule is Cc1cccc(NC(=S)Nc2cnn(Cc3ccc(Cl)cc3Cl)c2)c1. The second-order valence-corrected chi connectivity index (χ2v) is 6.86. The standard InChI is InChI=1S/C18H16Cl2N4S/c1-12-3-2-4-15(7-12)22-18(25)23-16-9-21-24(11-16)10-13-5-6-14(19)8-17(13)20/h2-9,11H,10H2,1H3,(H2,22,23,25). The Bertz CT molecular complexity index is 908. The Labute approximate surface area is 161 Å². The molecule has 0 unspecified atom stereocenters. The lowest BCUT2D eigenvalue weighted by Crippen LogP contribution is -2.18. The van der Waals surface area contributed by atoms with Gasteiger partial charge in [-0.25, -0.2) is 0 Å². The van der Waals surface area contributed by atoms with Crippen LogP contribution < -0.4 is 10.6 Å². The Kier molecular flexibility index (Phi) is 5.58. The molecule has 1 heterocycles. The molecule has 0 saturated heterocycles. The molecule has 25 heavy (non-hydrogen) atoms. The summed E-state index contributed by atoms with van der Waals surface area (Å²) in [6.45, 7) is 2.59. The van der Waals surface area contributed by atoms with Gasteiger partial charge in [0.15, 0.2) is 5.11 Å². The van der Waals surface area contributed by atoms with Crippen LogP contribution in [0.2, 0.25) is 10.0 Å². The summed E-state index contributed by atoms with van der Waals surface area (Å²) in [5, 5.41) is 12.3. The smallest absolute Gasteiger partial charge is 0.175 e. The molecule has 0 spiro atoms. The number of hydrogen-bond donors (Lipinski definition) is 2. The molecule has 0 atom stereocenters. The Morgan fingerprint density at radius 3 is 2.68 bits per heavy atom. The fourth-order valence-electron chi connectivity index (χ4n) is 2.36. The van der Waals surface area contributed by atoms with Gasteiger partial charge >= 0.3 is 0 Å². The first-order valence-electron chi connectivity index (χ1n) is 7.61. The zero-order valence-corrected chi connectivity index (χ0v) is 15.8. The van der Waals surface area contributed by atoms with Crippen LogP contribution >= 0.6 is 35.4 Å². The highest BCUT2D eigenvalue weighted by atomic mass is 35.5. The molecule has 2 aromatic carbocycles. The topological polar surface area (TPSA) is 41.9 Å². The van der Waals surface area contributed by atoms with Crippen molar-refractivity contribution in [1.82, 2.24) is 9.78 Å². The first kappa shape index (κ1) is 17.7. The van der Waals surface area contributed by atoms with Gasteiger partial charge in [-0.1, -0.05) is 41.4 Å². The van der Waals surface area contributed by atoms with Crippen molar-refractivity contribution in [2.45, 2.75) is 13.5 Å². The minimum Gasteiger partial charge on any atom is -0.332 e. The van der Waals surface area contributed by atoms with E-state index in [-0.39, 0.29) is 0 Å². The van der Waals surface area contributed by atoms with E-state index >= 15 is 0 Å². The van der Waals surface area contributed by atoms with Crippen LogP contribution in [0.4, 0.5) is 11.4 Å². The fourth-order valence-corrected chi connectivity index (χ4v) is 3.06. The first-order chi connectivity index (χ1) is 12.0. The van der Waals surface area contributed by atoms with Crippen molar-refractivity contribution in [3.05, 3.63) is 76.0 Å². The van der Waals surface area contributed by atoms with E-state index < -0.39 is 0 Å². The monoisotopic (exact) mass is 390 g/mol. The highest BCUT2D eigenvalue weighted by Crippen LogP contribution is 2.22. The average molecular weight is 391 g/mol. The summed E-state index contributed by atoms with van der Waals surface area (Å²) in [5.41, 5.74) is 3.86. The molecule has 0 aliphatic rings. The third kappa shape index (κ3) is 4.95. The molecular formula is C18H16Cl2N4S. The van der Waals surface area contributed by atoms with Gasteiger partial charge in [0.25, 0.3) is 0 Å². The number of nitrogens with zero attached hydrogens (tertiary/aromatic N) is 2. The summed E-state index contributed by atoms with van der Waals surface area (Å²) in [5.74, 6) is 0. The van der Waals surface area contributed by atoms with Crippen molar-refractivity contribution < 1.29 is 0 Å². The van der Waals surface area contributed by atoms with E-state index in [1.54, 1.807) is 16.9 Å². The van der Waals surface area contributed by atoms with Crippen LogP contribution in [0.15, 0.2) is 54.9 Å². The summed E-state index contributed by atoms with van der Waals surface area (Å²) in [4.78, 5) is 0. The Balaban J connectivity index is 1.62. The van der Waals surface area contributed by atoms with Gasteiger partial charge in [0.05, 0.1) is 18.4 Å². The van der Waals surface area contributed by atoms with Crippen LogP contribution in [-0.4, -0.2) is 14.9 Å². The van der Waals surface area contributed by atoms with Crippen molar-refractivity contribution >= 4 is 51.9 Å². The van der Waals surface area contributed by atoms with Gasteiger partial charge in [0.2, 0.25) is 0 Å². The average Bonchev–Trinajstić information content (AvgIpc) is 2.97. The zero-order valence-electron chi connectivity index (χ0n) is 13.5. The van der Waals surface area contributed by atoms with Crippen LogP contribution in [0, 0.1) is 6.92 Å². The summed E-state index contributed by atoms with van der Waals surface area (Å²) in [6.07, 6.45) is 3.59. The molecule has 4 nitrogen and oxygen atoms in total. The molecule has 0 bridgehead atoms. The Morgan fingerprint density at radius 2 is 1.92 bits per heavy atom. The molecule has 0 fully saturated rings. The van der Waals surface area contributed by atoms with Crippen LogP contribution in [0.25, 0.3) is 0 Å².